The molecular weight excluding hydrogens is 188 g/mol. The Bertz CT molecular complexity index is 291. The van der Waals surface area contributed by atoms with E-state index in [9.17, 15) is 5.11 Å². The van der Waals surface area contributed by atoms with Crippen molar-refractivity contribution in [1.29, 1.82) is 0 Å². The van der Waals surface area contributed by atoms with E-state index in [2.05, 4.69) is 5.32 Å². The van der Waals surface area contributed by atoms with Gasteiger partial charge in [0, 0.05) is 22.8 Å². The summed E-state index contributed by atoms with van der Waals surface area (Å²) in [5.41, 5.74) is 6.91. The van der Waals surface area contributed by atoms with E-state index in [4.69, 9.17) is 17.3 Å². The highest BCUT2D eigenvalue weighted by Gasteiger charge is 2.09. The Morgan fingerprint density at radius 2 is 2.31 bits per heavy atom. The lowest BCUT2D eigenvalue weighted by Gasteiger charge is -2.12. The van der Waals surface area contributed by atoms with Crippen molar-refractivity contribution in [3.8, 4) is 0 Å². The van der Waals surface area contributed by atoms with Gasteiger partial charge in [0.25, 0.3) is 0 Å². The number of benzene rings is 1. The fourth-order valence-electron chi connectivity index (χ4n) is 1.15. The van der Waals surface area contributed by atoms with E-state index in [1.807, 2.05) is 0 Å². The molecule has 0 spiro atoms. The number of aliphatic hydroxyl groups excluding tert-OH is 1. The van der Waals surface area contributed by atoms with Crippen LogP contribution in [-0.4, -0.2) is 18.7 Å². The molecule has 1 aromatic carbocycles. The highest BCUT2D eigenvalue weighted by atomic mass is 35.5. The van der Waals surface area contributed by atoms with Crippen LogP contribution in [0, 0.1) is 0 Å². The van der Waals surface area contributed by atoms with Gasteiger partial charge in [0.15, 0.2) is 0 Å². The Hall–Kier alpha value is -0.770. The summed E-state index contributed by atoms with van der Waals surface area (Å²) in [4.78, 5) is 0. The van der Waals surface area contributed by atoms with Gasteiger partial charge in [0.2, 0.25) is 0 Å². The molecule has 4 heteroatoms. The molecule has 0 saturated heterocycles. The number of nitrogens with one attached hydrogen (secondary N) is 1. The van der Waals surface area contributed by atoms with Gasteiger partial charge in [-0.1, -0.05) is 17.7 Å². The summed E-state index contributed by atoms with van der Waals surface area (Å²) in [5, 5.41) is 13.1. The van der Waals surface area contributed by atoms with Gasteiger partial charge in [-0.25, -0.2) is 0 Å². The van der Waals surface area contributed by atoms with Crippen molar-refractivity contribution in [1.82, 2.24) is 5.32 Å². The maximum atomic E-state index is 9.61. The molecule has 1 rings (SSSR count). The van der Waals surface area contributed by atoms with Crippen molar-refractivity contribution in [2.45, 2.75) is 6.10 Å². The fraction of sp³-hybridized carbons (Fsp3) is 0.333. The second kappa shape index (κ2) is 4.46. The van der Waals surface area contributed by atoms with Crippen molar-refractivity contribution < 1.29 is 5.11 Å². The fourth-order valence-corrected chi connectivity index (χ4v) is 1.33. The zero-order valence-corrected chi connectivity index (χ0v) is 8.17. The molecule has 0 aliphatic heterocycles. The van der Waals surface area contributed by atoms with E-state index >= 15 is 0 Å². The Kier molecular flexibility index (Phi) is 3.54. The van der Waals surface area contributed by atoms with Crippen LogP contribution in [0.15, 0.2) is 18.2 Å². The zero-order valence-electron chi connectivity index (χ0n) is 7.42. The summed E-state index contributed by atoms with van der Waals surface area (Å²) in [6.07, 6.45) is -0.581. The average molecular weight is 201 g/mol. The third-order valence-electron chi connectivity index (χ3n) is 1.81. The molecule has 0 radical (unpaired) electrons. The molecule has 72 valence electrons. The summed E-state index contributed by atoms with van der Waals surface area (Å²) < 4.78 is 0. The van der Waals surface area contributed by atoms with Crippen LogP contribution in [0.5, 0.6) is 0 Å². The van der Waals surface area contributed by atoms with Crippen LogP contribution in [-0.2, 0) is 0 Å². The monoisotopic (exact) mass is 200 g/mol. The lowest BCUT2D eigenvalue weighted by atomic mass is 10.1. The number of nitrogen functional groups attached to an aromatic ring is 1. The van der Waals surface area contributed by atoms with E-state index in [0.717, 1.165) is 0 Å². The van der Waals surface area contributed by atoms with Gasteiger partial charge in [-0.05, 0) is 19.2 Å². The number of nitrogens with two attached hydrogens (primary N) is 1. The minimum Gasteiger partial charge on any atom is -0.398 e. The van der Waals surface area contributed by atoms with Crippen LogP contribution in [0.3, 0.4) is 0 Å². The van der Waals surface area contributed by atoms with Crippen LogP contribution in [0.4, 0.5) is 5.69 Å². The van der Waals surface area contributed by atoms with Crippen molar-refractivity contribution in [2.24, 2.45) is 0 Å². The molecule has 13 heavy (non-hydrogen) atoms. The Morgan fingerprint density at radius 3 is 2.85 bits per heavy atom. The van der Waals surface area contributed by atoms with E-state index in [1.165, 1.54) is 0 Å². The molecule has 1 atom stereocenters. The van der Waals surface area contributed by atoms with Crippen LogP contribution in [0.2, 0.25) is 5.02 Å². The highest BCUT2D eigenvalue weighted by molar-refractivity contribution is 6.30. The highest BCUT2D eigenvalue weighted by Crippen LogP contribution is 2.23. The molecule has 0 heterocycles. The summed E-state index contributed by atoms with van der Waals surface area (Å²) in [6, 6.07) is 5.08. The molecule has 3 nitrogen and oxygen atoms in total. The summed E-state index contributed by atoms with van der Waals surface area (Å²) in [6.45, 7) is 0.478. The first-order valence-electron chi connectivity index (χ1n) is 4.02. The minimum absolute atomic E-state index is 0.478. The smallest absolute Gasteiger partial charge is 0.0934 e. The van der Waals surface area contributed by atoms with Gasteiger partial charge in [-0.3, -0.25) is 0 Å². The van der Waals surface area contributed by atoms with Gasteiger partial charge in [-0.2, -0.15) is 0 Å². The number of aliphatic hydroxyl groups is 1. The Labute approximate surface area is 82.5 Å². The van der Waals surface area contributed by atoms with Crippen LogP contribution in [0.1, 0.15) is 11.7 Å². The van der Waals surface area contributed by atoms with Gasteiger partial charge >= 0.3 is 0 Å². The molecule has 0 saturated carbocycles. The van der Waals surface area contributed by atoms with Crippen molar-refractivity contribution >= 4 is 17.3 Å². The van der Waals surface area contributed by atoms with E-state index in [0.29, 0.717) is 22.8 Å². The topological polar surface area (TPSA) is 58.3 Å². The number of halogens is 1. The molecule has 0 aliphatic carbocycles. The maximum absolute atomic E-state index is 9.61. The van der Waals surface area contributed by atoms with Crippen molar-refractivity contribution in [2.75, 3.05) is 19.3 Å². The first-order chi connectivity index (χ1) is 6.15. The molecule has 1 aromatic rings. The molecule has 0 aromatic heterocycles. The summed E-state index contributed by atoms with van der Waals surface area (Å²) in [7, 11) is 1.77. The van der Waals surface area contributed by atoms with Crippen LogP contribution >= 0.6 is 11.6 Å². The first-order valence-corrected chi connectivity index (χ1v) is 4.40. The largest absolute Gasteiger partial charge is 0.398 e. The van der Waals surface area contributed by atoms with Gasteiger partial charge in [-0.15, -0.1) is 0 Å². The lowest BCUT2D eigenvalue weighted by Crippen LogP contribution is -2.17. The second-order valence-electron chi connectivity index (χ2n) is 2.85. The Morgan fingerprint density at radius 1 is 1.62 bits per heavy atom. The number of hydrogen-bond donors (Lipinski definition) is 3. The van der Waals surface area contributed by atoms with Gasteiger partial charge in [0.05, 0.1) is 6.10 Å². The normalized spacial score (nSPS) is 12.8. The third kappa shape index (κ3) is 2.59. The average Bonchev–Trinajstić information content (AvgIpc) is 2.04. The summed E-state index contributed by atoms with van der Waals surface area (Å²) in [5.74, 6) is 0. The molecule has 1 unspecified atom stereocenters. The number of rotatable bonds is 3. The quantitative estimate of drug-likeness (QED) is 0.643. The predicted molar refractivity (Wildman–Crippen MR) is 54.8 cm³/mol. The molecule has 0 amide bonds. The van der Waals surface area contributed by atoms with Crippen molar-refractivity contribution in [3.05, 3.63) is 28.8 Å². The minimum atomic E-state index is -0.581. The molecule has 4 N–H and O–H groups in total. The van der Waals surface area contributed by atoms with E-state index in [-0.39, 0.29) is 0 Å². The van der Waals surface area contributed by atoms with Crippen molar-refractivity contribution in [3.63, 3.8) is 0 Å². The number of hydrogen-bond acceptors (Lipinski definition) is 3. The first kappa shape index (κ1) is 10.3. The van der Waals surface area contributed by atoms with Crippen LogP contribution < -0.4 is 11.1 Å². The molecule has 0 bridgehead atoms. The van der Waals surface area contributed by atoms with E-state index < -0.39 is 6.10 Å². The predicted octanol–water partition coefficient (Wildman–Crippen LogP) is 1.18. The lowest BCUT2D eigenvalue weighted by molar-refractivity contribution is 0.178. The molecule has 0 fully saturated rings. The second-order valence-corrected chi connectivity index (χ2v) is 3.28. The van der Waals surface area contributed by atoms with Crippen LogP contribution in [0.25, 0.3) is 0 Å². The SMILES string of the molecule is CNCC(O)c1ccc(Cl)cc1N. The third-order valence-corrected chi connectivity index (χ3v) is 2.04. The zero-order chi connectivity index (χ0) is 9.84. The standard InChI is InChI=1S/C9H13ClN2O/c1-12-5-9(13)7-3-2-6(10)4-8(7)11/h2-4,9,12-13H,5,11H2,1H3. The number of anilines is 1. The van der Waals surface area contributed by atoms with Gasteiger partial charge in [0.1, 0.15) is 0 Å². The summed E-state index contributed by atoms with van der Waals surface area (Å²) >= 11 is 5.72. The molecule has 0 aliphatic rings. The van der Waals surface area contributed by atoms with Gasteiger partial charge < -0.3 is 16.2 Å². The van der Waals surface area contributed by atoms with E-state index in [1.54, 1.807) is 25.2 Å². The molecular formula is C9H13ClN2O. The maximum Gasteiger partial charge on any atom is 0.0934 e. The number of likely N-dealkylation sites (N-methyl/N-ethyl adjacent to an activating group) is 1. The Balaban J connectivity index is 2.88.